The number of pyridine rings is 1. The summed E-state index contributed by atoms with van der Waals surface area (Å²) in [6.07, 6.45) is 0. The van der Waals surface area contributed by atoms with Gasteiger partial charge in [-0.2, -0.15) is 0 Å². The lowest BCUT2D eigenvalue weighted by Crippen LogP contribution is -2.11. The van der Waals surface area contributed by atoms with Gasteiger partial charge in [0.1, 0.15) is 10.7 Å². The third-order valence-corrected chi connectivity index (χ3v) is 2.89. The Balaban J connectivity index is 2.93. The first-order chi connectivity index (χ1) is 8.02. The number of benzene rings is 1. The van der Waals surface area contributed by atoms with E-state index < -0.39 is 0 Å². The molecule has 0 amide bonds. The third-order valence-electron chi connectivity index (χ3n) is 2.45. The summed E-state index contributed by atoms with van der Waals surface area (Å²) in [5.41, 5.74) is 7.92. The van der Waals surface area contributed by atoms with Crippen LogP contribution in [0.2, 0.25) is 5.02 Å². The maximum atomic E-state index is 6.04. The maximum absolute atomic E-state index is 6.04. The largest absolute Gasteiger partial charge is 0.496 e. The number of rotatable bonds is 2. The van der Waals surface area contributed by atoms with Crippen LogP contribution in [0.3, 0.4) is 0 Å². The minimum Gasteiger partial charge on any atom is -0.496 e. The number of halogens is 1. The van der Waals surface area contributed by atoms with E-state index in [0.29, 0.717) is 16.3 Å². The molecular formula is C12H11ClN2OS. The van der Waals surface area contributed by atoms with Crippen molar-refractivity contribution in [2.24, 2.45) is 5.73 Å². The lowest BCUT2D eigenvalue weighted by molar-refractivity contribution is 0.419. The van der Waals surface area contributed by atoms with E-state index in [1.807, 2.05) is 13.0 Å². The fraction of sp³-hybridized carbons (Fsp3) is 0.167. The molecule has 0 fully saturated rings. The van der Waals surface area contributed by atoms with Crippen LogP contribution >= 0.6 is 23.8 Å². The van der Waals surface area contributed by atoms with E-state index in [1.165, 1.54) is 0 Å². The van der Waals surface area contributed by atoms with Gasteiger partial charge in [-0.15, -0.1) is 0 Å². The van der Waals surface area contributed by atoms with Crippen molar-refractivity contribution in [3.05, 3.63) is 34.5 Å². The lowest BCUT2D eigenvalue weighted by Gasteiger charge is -2.10. The zero-order valence-electron chi connectivity index (χ0n) is 9.45. The molecular weight excluding hydrogens is 256 g/mol. The molecule has 1 aromatic carbocycles. The number of aromatic nitrogens is 1. The molecule has 0 radical (unpaired) electrons. The molecule has 0 saturated heterocycles. The van der Waals surface area contributed by atoms with Gasteiger partial charge in [0.15, 0.2) is 0 Å². The highest BCUT2D eigenvalue weighted by Crippen LogP contribution is 2.30. The van der Waals surface area contributed by atoms with E-state index in [4.69, 9.17) is 34.3 Å². The second kappa shape index (κ2) is 4.47. The van der Waals surface area contributed by atoms with Crippen molar-refractivity contribution in [2.45, 2.75) is 6.92 Å². The van der Waals surface area contributed by atoms with Crippen molar-refractivity contribution in [1.29, 1.82) is 0 Å². The molecule has 0 atom stereocenters. The summed E-state index contributed by atoms with van der Waals surface area (Å²) >= 11 is 11.0. The minimum atomic E-state index is 0.276. The number of aryl methyl sites for hydroxylation is 1. The van der Waals surface area contributed by atoms with Crippen LogP contribution in [-0.4, -0.2) is 17.1 Å². The van der Waals surface area contributed by atoms with Gasteiger partial charge in [0, 0.05) is 27.7 Å². The predicted octanol–water partition coefficient (Wildman–Crippen LogP) is 2.84. The molecule has 3 nitrogen and oxygen atoms in total. The molecule has 0 saturated carbocycles. The third kappa shape index (κ3) is 2.18. The van der Waals surface area contributed by atoms with Crippen molar-refractivity contribution in [2.75, 3.05) is 7.11 Å². The summed E-state index contributed by atoms with van der Waals surface area (Å²) in [4.78, 5) is 4.72. The Kier molecular flexibility index (Phi) is 3.17. The number of hydrogen-bond donors (Lipinski definition) is 1. The van der Waals surface area contributed by atoms with Crippen molar-refractivity contribution in [3.8, 4) is 5.75 Å². The highest BCUT2D eigenvalue weighted by atomic mass is 35.5. The molecule has 2 rings (SSSR count). The monoisotopic (exact) mass is 266 g/mol. The number of hydrogen-bond acceptors (Lipinski definition) is 3. The van der Waals surface area contributed by atoms with Crippen LogP contribution in [0.4, 0.5) is 0 Å². The summed E-state index contributed by atoms with van der Waals surface area (Å²) in [5, 5.41) is 1.37. The zero-order chi connectivity index (χ0) is 12.6. The number of methoxy groups -OCH3 is 1. The molecule has 0 aliphatic carbocycles. The van der Waals surface area contributed by atoms with Crippen LogP contribution in [0, 0.1) is 6.92 Å². The fourth-order valence-electron chi connectivity index (χ4n) is 1.74. The second-order valence-corrected chi connectivity index (χ2v) is 4.56. The smallest absolute Gasteiger partial charge is 0.130 e. The molecule has 0 bridgehead atoms. The van der Waals surface area contributed by atoms with Crippen LogP contribution in [0.1, 0.15) is 11.3 Å². The number of ether oxygens (including phenoxy) is 1. The first-order valence-electron chi connectivity index (χ1n) is 4.97. The number of thiocarbonyl (C=S) groups is 1. The lowest BCUT2D eigenvalue weighted by atomic mass is 10.1. The number of fused-ring (bicyclic) bond motifs is 1. The van der Waals surface area contributed by atoms with Gasteiger partial charge in [0.05, 0.1) is 12.6 Å². The molecule has 1 aromatic heterocycles. The van der Waals surface area contributed by atoms with Gasteiger partial charge in [-0.1, -0.05) is 23.8 Å². The van der Waals surface area contributed by atoms with Gasteiger partial charge in [-0.3, -0.25) is 4.98 Å². The van der Waals surface area contributed by atoms with E-state index in [0.717, 1.165) is 16.6 Å². The normalized spacial score (nSPS) is 10.5. The minimum absolute atomic E-state index is 0.276. The van der Waals surface area contributed by atoms with Gasteiger partial charge >= 0.3 is 0 Å². The first-order valence-corrected chi connectivity index (χ1v) is 5.76. The Morgan fingerprint density at radius 3 is 2.71 bits per heavy atom. The number of nitrogens with zero attached hydrogens (tertiary/aromatic N) is 1. The van der Waals surface area contributed by atoms with E-state index in [9.17, 15) is 0 Å². The Bertz CT molecular complexity index is 613. The van der Waals surface area contributed by atoms with Gasteiger partial charge in [-0.05, 0) is 19.1 Å². The molecule has 2 aromatic rings. The summed E-state index contributed by atoms with van der Waals surface area (Å²) in [6, 6.07) is 5.37. The van der Waals surface area contributed by atoms with E-state index in [1.54, 1.807) is 19.2 Å². The van der Waals surface area contributed by atoms with E-state index >= 15 is 0 Å². The average Bonchev–Trinajstić information content (AvgIpc) is 2.27. The Labute approximate surface area is 110 Å². The van der Waals surface area contributed by atoms with Crippen LogP contribution < -0.4 is 10.5 Å². The van der Waals surface area contributed by atoms with Crippen molar-refractivity contribution in [1.82, 2.24) is 4.98 Å². The van der Waals surface area contributed by atoms with Crippen LogP contribution in [-0.2, 0) is 0 Å². The van der Waals surface area contributed by atoms with Crippen LogP contribution in [0.5, 0.6) is 5.75 Å². The molecule has 5 heteroatoms. The summed E-state index contributed by atoms with van der Waals surface area (Å²) in [7, 11) is 1.61. The highest BCUT2D eigenvalue weighted by Gasteiger charge is 2.11. The van der Waals surface area contributed by atoms with E-state index in [-0.39, 0.29) is 4.99 Å². The molecule has 0 spiro atoms. The van der Waals surface area contributed by atoms with Gasteiger partial charge in [-0.25, -0.2) is 0 Å². The first kappa shape index (κ1) is 12.1. The van der Waals surface area contributed by atoms with E-state index in [2.05, 4.69) is 4.98 Å². The molecule has 17 heavy (non-hydrogen) atoms. The maximum Gasteiger partial charge on any atom is 0.130 e. The van der Waals surface area contributed by atoms with Crippen LogP contribution in [0.15, 0.2) is 18.2 Å². The highest BCUT2D eigenvalue weighted by molar-refractivity contribution is 7.80. The van der Waals surface area contributed by atoms with Gasteiger partial charge < -0.3 is 10.5 Å². The van der Waals surface area contributed by atoms with Crippen LogP contribution in [0.25, 0.3) is 10.9 Å². The average molecular weight is 267 g/mol. The van der Waals surface area contributed by atoms with Gasteiger partial charge in [0.25, 0.3) is 0 Å². The fourth-order valence-corrected chi connectivity index (χ4v) is 2.11. The SMILES string of the molecule is COc1cc(C)nc2c(C(N)=S)cc(Cl)cc12. The van der Waals surface area contributed by atoms with Crippen molar-refractivity contribution >= 4 is 39.7 Å². The molecule has 0 aliphatic rings. The van der Waals surface area contributed by atoms with Crippen molar-refractivity contribution in [3.63, 3.8) is 0 Å². The molecule has 1 heterocycles. The Morgan fingerprint density at radius 2 is 2.12 bits per heavy atom. The zero-order valence-corrected chi connectivity index (χ0v) is 11.0. The standard InChI is InChI=1S/C12H11ClN2OS/c1-6-3-10(16-2)8-4-7(13)5-9(12(14)17)11(8)15-6/h3-5H,1-2H3,(H2,14,17). The van der Waals surface area contributed by atoms with Gasteiger partial charge in [0.2, 0.25) is 0 Å². The summed E-state index contributed by atoms with van der Waals surface area (Å²) in [6.45, 7) is 1.89. The van der Waals surface area contributed by atoms with Crippen molar-refractivity contribution < 1.29 is 4.74 Å². The molecule has 0 unspecified atom stereocenters. The summed E-state index contributed by atoms with van der Waals surface area (Å²) < 4.78 is 5.32. The Morgan fingerprint density at radius 1 is 1.41 bits per heavy atom. The summed E-state index contributed by atoms with van der Waals surface area (Å²) in [5.74, 6) is 0.715. The second-order valence-electron chi connectivity index (χ2n) is 3.68. The number of nitrogens with two attached hydrogens (primary N) is 1. The molecule has 2 N–H and O–H groups in total. The predicted molar refractivity (Wildman–Crippen MR) is 73.9 cm³/mol. The Hall–Kier alpha value is -1.39. The topological polar surface area (TPSA) is 48.1 Å². The molecule has 88 valence electrons. The quantitative estimate of drug-likeness (QED) is 0.849. The molecule has 0 aliphatic heterocycles.